The molecule has 6 heteroatoms. The fourth-order valence-electron chi connectivity index (χ4n) is 2.23. The minimum absolute atomic E-state index is 0.00824. The Labute approximate surface area is 129 Å². The van der Waals surface area contributed by atoms with Gasteiger partial charge < -0.3 is 15.2 Å². The van der Waals surface area contributed by atoms with E-state index in [-0.39, 0.29) is 12.0 Å². The number of benzene rings is 1. The Hall–Kier alpha value is -1.30. The molecule has 116 valence electrons. The molecule has 1 amide bonds. The monoisotopic (exact) mass is 312 g/mol. The smallest absolute Gasteiger partial charge is 0.234 e. The summed E-state index contributed by atoms with van der Waals surface area (Å²) >= 11 is 5.78. The third kappa shape index (κ3) is 5.91. The highest BCUT2D eigenvalue weighted by Gasteiger charge is 2.18. The summed E-state index contributed by atoms with van der Waals surface area (Å²) in [6.07, 6.45) is 1.27. The van der Waals surface area contributed by atoms with Crippen LogP contribution in [0.4, 0.5) is 0 Å². The third-order valence-electron chi connectivity index (χ3n) is 3.43. The summed E-state index contributed by atoms with van der Waals surface area (Å²) in [5.41, 5.74) is 0. The lowest BCUT2D eigenvalue weighted by atomic mass is 10.1. The van der Waals surface area contributed by atoms with E-state index < -0.39 is 0 Å². The molecule has 0 unspecified atom stereocenters. The maximum Gasteiger partial charge on any atom is 0.234 e. The van der Waals surface area contributed by atoms with Crippen LogP contribution < -0.4 is 10.1 Å². The van der Waals surface area contributed by atoms with E-state index in [1.165, 1.54) is 0 Å². The number of hydrogen-bond donors (Lipinski definition) is 2. The Balaban J connectivity index is 1.58. The number of halogens is 1. The van der Waals surface area contributed by atoms with E-state index in [1.54, 1.807) is 24.3 Å². The third-order valence-corrected chi connectivity index (χ3v) is 3.68. The Bertz CT molecular complexity index is 445. The highest BCUT2D eigenvalue weighted by molar-refractivity contribution is 6.30. The van der Waals surface area contributed by atoms with E-state index in [0.717, 1.165) is 31.7 Å². The van der Waals surface area contributed by atoms with Crippen molar-refractivity contribution in [3.63, 3.8) is 0 Å². The molecule has 5 nitrogen and oxygen atoms in total. The lowest BCUT2D eigenvalue weighted by Crippen LogP contribution is -2.43. The van der Waals surface area contributed by atoms with Crippen molar-refractivity contribution < 1.29 is 14.6 Å². The number of rotatable bonds is 6. The van der Waals surface area contributed by atoms with Crippen LogP contribution in [0.25, 0.3) is 0 Å². The van der Waals surface area contributed by atoms with Crippen LogP contribution in [-0.2, 0) is 4.79 Å². The van der Waals surface area contributed by atoms with Crippen LogP contribution in [0, 0.1) is 0 Å². The molecular weight excluding hydrogens is 292 g/mol. The summed E-state index contributed by atoms with van der Waals surface area (Å²) in [5.74, 6) is 0.727. The van der Waals surface area contributed by atoms with Crippen molar-refractivity contribution >= 4 is 17.5 Å². The molecule has 1 aliphatic heterocycles. The number of aliphatic hydroxyl groups excluding tert-OH is 1. The fourth-order valence-corrected chi connectivity index (χ4v) is 2.35. The van der Waals surface area contributed by atoms with Crippen molar-refractivity contribution in [2.45, 2.75) is 18.9 Å². The second-order valence-electron chi connectivity index (χ2n) is 5.16. The molecule has 0 saturated carbocycles. The van der Waals surface area contributed by atoms with Gasteiger partial charge in [-0.15, -0.1) is 0 Å². The fraction of sp³-hybridized carbons (Fsp3) is 0.533. The van der Waals surface area contributed by atoms with Gasteiger partial charge in [-0.1, -0.05) is 11.6 Å². The van der Waals surface area contributed by atoms with Gasteiger partial charge >= 0.3 is 0 Å². The minimum atomic E-state index is -0.211. The van der Waals surface area contributed by atoms with Crippen molar-refractivity contribution in [1.82, 2.24) is 10.2 Å². The highest BCUT2D eigenvalue weighted by atomic mass is 35.5. The standard InChI is InChI=1S/C15H21ClN2O3/c16-12-1-3-14(4-2-12)21-10-7-17-15(20)11-18-8-5-13(19)6-9-18/h1-4,13,19H,5-11H2,(H,17,20). The maximum atomic E-state index is 11.8. The molecule has 2 rings (SSSR count). The van der Waals surface area contributed by atoms with E-state index in [0.29, 0.717) is 24.7 Å². The topological polar surface area (TPSA) is 61.8 Å². The summed E-state index contributed by atoms with van der Waals surface area (Å²) < 4.78 is 5.50. The number of likely N-dealkylation sites (tertiary alicyclic amines) is 1. The number of aliphatic hydroxyl groups is 1. The van der Waals surface area contributed by atoms with Gasteiger partial charge in [0.15, 0.2) is 0 Å². The van der Waals surface area contributed by atoms with Gasteiger partial charge in [0.25, 0.3) is 0 Å². The number of piperidine rings is 1. The number of nitrogens with zero attached hydrogens (tertiary/aromatic N) is 1. The van der Waals surface area contributed by atoms with Crippen molar-refractivity contribution in [3.05, 3.63) is 29.3 Å². The first-order valence-electron chi connectivity index (χ1n) is 7.19. The maximum absolute atomic E-state index is 11.8. The van der Waals surface area contributed by atoms with Gasteiger partial charge in [-0.05, 0) is 37.1 Å². The van der Waals surface area contributed by atoms with E-state index in [4.69, 9.17) is 16.3 Å². The molecule has 0 aliphatic carbocycles. The van der Waals surface area contributed by atoms with Gasteiger partial charge in [-0.3, -0.25) is 9.69 Å². The van der Waals surface area contributed by atoms with Crippen LogP contribution in [0.15, 0.2) is 24.3 Å². The SMILES string of the molecule is O=C(CN1CCC(O)CC1)NCCOc1ccc(Cl)cc1. The zero-order valence-electron chi connectivity index (χ0n) is 11.9. The van der Waals surface area contributed by atoms with Gasteiger partial charge in [0.05, 0.1) is 19.2 Å². The van der Waals surface area contributed by atoms with Gasteiger partial charge in [0, 0.05) is 18.1 Å². The molecule has 0 bridgehead atoms. The molecule has 1 heterocycles. The summed E-state index contributed by atoms with van der Waals surface area (Å²) in [6, 6.07) is 7.12. The Morgan fingerprint density at radius 3 is 2.67 bits per heavy atom. The first-order chi connectivity index (χ1) is 10.1. The summed E-state index contributed by atoms with van der Waals surface area (Å²) in [5, 5.41) is 12.9. The minimum Gasteiger partial charge on any atom is -0.492 e. The predicted molar refractivity (Wildman–Crippen MR) is 81.6 cm³/mol. The predicted octanol–water partition coefficient (Wildman–Crippen LogP) is 1.29. The second-order valence-corrected chi connectivity index (χ2v) is 5.60. The van der Waals surface area contributed by atoms with Crippen molar-refractivity contribution in [3.8, 4) is 5.75 Å². The first kappa shape index (κ1) is 16.1. The molecule has 1 fully saturated rings. The highest BCUT2D eigenvalue weighted by Crippen LogP contribution is 2.15. The largest absolute Gasteiger partial charge is 0.492 e. The molecule has 21 heavy (non-hydrogen) atoms. The molecule has 1 saturated heterocycles. The number of nitrogens with one attached hydrogen (secondary N) is 1. The van der Waals surface area contributed by atoms with Crippen LogP contribution in [0.2, 0.25) is 5.02 Å². The van der Waals surface area contributed by atoms with Gasteiger partial charge in [-0.25, -0.2) is 0 Å². The number of ether oxygens (including phenoxy) is 1. The number of carbonyl (C=O) groups excluding carboxylic acids is 1. The quantitative estimate of drug-likeness (QED) is 0.777. The van der Waals surface area contributed by atoms with Crippen LogP contribution in [0.1, 0.15) is 12.8 Å². The summed E-state index contributed by atoms with van der Waals surface area (Å²) in [7, 11) is 0. The Morgan fingerprint density at radius 2 is 2.00 bits per heavy atom. The van der Waals surface area contributed by atoms with Crippen LogP contribution >= 0.6 is 11.6 Å². The lowest BCUT2D eigenvalue weighted by Gasteiger charge is -2.28. The van der Waals surface area contributed by atoms with Crippen LogP contribution in [0.5, 0.6) is 5.75 Å². The average molecular weight is 313 g/mol. The molecule has 2 N–H and O–H groups in total. The summed E-state index contributed by atoms with van der Waals surface area (Å²) in [6.45, 7) is 2.82. The molecule has 1 aromatic carbocycles. The lowest BCUT2D eigenvalue weighted by molar-refractivity contribution is -0.122. The number of carbonyl (C=O) groups is 1. The molecule has 0 spiro atoms. The van der Waals surface area contributed by atoms with E-state index in [1.807, 2.05) is 0 Å². The van der Waals surface area contributed by atoms with Crippen LogP contribution in [0.3, 0.4) is 0 Å². The van der Waals surface area contributed by atoms with Crippen molar-refractivity contribution in [2.24, 2.45) is 0 Å². The van der Waals surface area contributed by atoms with Gasteiger partial charge in [-0.2, -0.15) is 0 Å². The number of hydrogen-bond acceptors (Lipinski definition) is 4. The van der Waals surface area contributed by atoms with Crippen molar-refractivity contribution in [1.29, 1.82) is 0 Å². The molecule has 0 atom stereocenters. The Kier molecular flexibility index (Phi) is 6.29. The van der Waals surface area contributed by atoms with Crippen molar-refractivity contribution in [2.75, 3.05) is 32.8 Å². The second kappa shape index (κ2) is 8.22. The van der Waals surface area contributed by atoms with Gasteiger partial charge in [0.1, 0.15) is 12.4 Å². The van der Waals surface area contributed by atoms with E-state index >= 15 is 0 Å². The van der Waals surface area contributed by atoms with E-state index in [9.17, 15) is 9.90 Å². The first-order valence-corrected chi connectivity index (χ1v) is 7.57. The molecule has 0 radical (unpaired) electrons. The summed E-state index contributed by atoms with van der Waals surface area (Å²) in [4.78, 5) is 13.8. The van der Waals surface area contributed by atoms with E-state index in [2.05, 4.69) is 10.2 Å². The average Bonchev–Trinajstić information content (AvgIpc) is 2.48. The molecular formula is C15H21ClN2O3. The van der Waals surface area contributed by atoms with Gasteiger partial charge in [0.2, 0.25) is 5.91 Å². The zero-order chi connectivity index (χ0) is 15.1. The molecule has 0 aromatic heterocycles. The molecule has 1 aliphatic rings. The number of amides is 1. The van der Waals surface area contributed by atoms with Crippen LogP contribution in [-0.4, -0.2) is 54.8 Å². The zero-order valence-corrected chi connectivity index (χ0v) is 12.7. The normalized spacial score (nSPS) is 16.7. The molecule has 1 aromatic rings. The Morgan fingerprint density at radius 1 is 1.33 bits per heavy atom.